The number of benzene rings is 2. The second-order valence-electron chi connectivity index (χ2n) is 5.59. The van der Waals surface area contributed by atoms with Gasteiger partial charge < -0.3 is 9.41 Å². The van der Waals surface area contributed by atoms with E-state index in [1.807, 2.05) is 16.6 Å². The summed E-state index contributed by atoms with van der Waals surface area (Å²) in [5.41, 5.74) is 0.716. The van der Waals surface area contributed by atoms with Crippen LogP contribution in [-0.2, 0) is 10.8 Å². The summed E-state index contributed by atoms with van der Waals surface area (Å²) >= 11 is 12.2. The van der Waals surface area contributed by atoms with E-state index >= 15 is 0 Å². The highest BCUT2D eigenvalue weighted by Gasteiger charge is 2.26. The monoisotopic (exact) mass is 415 g/mol. The number of nitrogens with zero attached hydrogens (tertiary/aromatic N) is 1. The van der Waals surface area contributed by atoms with Gasteiger partial charge in [0, 0.05) is 38.7 Å². The number of hydrogen-bond donors (Lipinski definition) is 1. The van der Waals surface area contributed by atoms with Crippen LogP contribution in [0.15, 0.2) is 52.3 Å². The molecule has 0 aromatic heterocycles. The van der Waals surface area contributed by atoms with Crippen molar-refractivity contribution in [2.45, 2.75) is 16.7 Å². The van der Waals surface area contributed by atoms with Gasteiger partial charge in [0.05, 0.1) is 20.7 Å². The van der Waals surface area contributed by atoms with Gasteiger partial charge in [-0.15, -0.1) is 0 Å². The summed E-state index contributed by atoms with van der Waals surface area (Å²) in [6.45, 7) is 2.60. The molecule has 0 radical (unpaired) electrons. The van der Waals surface area contributed by atoms with Gasteiger partial charge in [0.1, 0.15) is 0 Å². The van der Waals surface area contributed by atoms with Gasteiger partial charge in [0.2, 0.25) is 0 Å². The number of rotatable bonds is 3. The zero-order chi connectivity index (χ0) is 18.1. The highest BCUT2D eigenvalue weighted by Crippen LogP contribution is 2.37. The molecular formula is C17H15Cl2NO3S2. The number of hydrogen-bond acceptors (Lipinski definition) is 3. The SMILES string of the molecule is CC1C=S(C(=O)O)N(c2ccc(S(=O)c3ccc(Cl)cc3)c(Cl)c2)C1. The molecule has 1 aliphatic heterocycles. The first-order valence-corrected chi connectivity index (χ1v) is 10.6. The van der Waals surface area contributed by atoms with Gasteiger partial charge in [0.25, 0.3) is 0 Å². The second kappa shape index (κ2) is 7.50. The minimum atomic E-state index is -1.43. The number of anilines is 1. The van der Waals surface area contributed by atoms with Gasteiger partial charge >= 0.3 is 5.30 Å². The molecule has 1 aliphatic rings. The molecular weight excluding hydrogens is 401 g/mol. The molecule has 0 spiro atoms. The Balaban J connectivity index is 1.91. The minimum absolute atomic E-state index is 0.182. The van der Waals surface area contributed by atoms with Gasteiger partial charge in [-0.3, -0.25) is 0 Å². The van der Waals surface area contributed by atoms with Crippen LogP contribution in [0, 0.1) is 5.92 Å². The Morgan fingerprint density at radius 1 is 1.24 bits per heavy atom. The van der Waals surface area contributed by atoms with Crippen molar-refractivity contribution in [3.05, 3.63) is 52.5 Å². The predicted molar refractivity (Wildman–Crippen MR) is 106 cm³/mol. The van der Waals surface area contributed by atoms with Crippen LogP contribution < -0.4 is 4.31 Å². The van der Waals surface area contributed by atoms with E-state index in [4.69, 9.17) is 23.2 Å². The van der Waals surface area contributed by atoms with Crippen molar-refractivity contribution < 1.29 is 14.1 Å². The van der Waals surface area contributed by atoms with Gasteiger partial charge in [0.15, 0.2) is 0 Å². The van der Waals surface area contributed by atoms with E-state index in [1.54, 1.807) is 42.5 Å². The molecule has 0 saturated heterocycles. The Labute approximate surface area is 160 Å². The van der Waals surface area contributed by atoms with E-state index in [1.165, 1.54) is 0 Å². The fourth-order valence-corrected chi connectivity index (χ4v) is 5.82. The van der Waals surface area contributed by atoms with Crippen molar-refractivity contribution in [3.63, 3.8) is 0 Å². The molecule has 3 atom stereocenters. The molecule has 3 rings (SSSR count). The lowest BCUT2D eigenvalue weighted by molar-refractivity contribution is 0.222. The van der Waals surface area contributed by atoms with Crippen molar-refractivity contribution in [1.29, 1.82) is 0 Å². The molecule has 2 aromatic carbocycles. The molecule has 1 heterocycles. The molecule has 0 aliphatic carbocycles. The maximum atomic E-state index is 12.7. The summed E-state index contributed by atoms with van der Waals surface area (Å²) < 4.78 is 14.5. The van der Waals surface area contributed by atoms with Crippen LogP contribution >= 0.6 is 33.9 Å². The normalized spacial score (nSPS) is 21.0. The van der Waals surface area contributed by atoms with Crippen LogP contribution in [0.25, 0.3) is 0 Å². The third kappa shape index (κ3) is 3.92. The van der Waals surface area contributed by atoms with Gasteiger partial charge in [-0.25, -0.2) is 9.00 Å². The average Bonchev–Trinajstić information content (AvgIpc) is 2.97. The largest absolute Gasteiger partial charge is 0.472 e. The molecule has 0 bridgehead atoms. The second-order valence-corrected chi connectivity index (χ2v) is 9.58. The van der Waals surface area contributed by atoms with Gasteiger partial charge in [-0.1, -0.05) is 30.1 Å². The Morgan fingerprint density at radius 3 is 2.52 bits per heavy atom. The van der Waals surface area contributed by atoms with Crippen molar-refractivity contribution in [2.24, 2.45) is 5.92 Å². The Bertz CT molecular complexity index is 884. The highest BCUT2D eigenvalue weighted by atomic mass is 35.5. The first kappa shape index (κ1) is 18.5. The van der Waals surface area contributed by atoms with Crippen molar-refractivity contribution >= 4 is 61.0 Å². The molecule has 0 fully saturated rings. The van der Waals surface area contributed by atoms with E-state index in [-0.39, 0.29) is 5.92 Å². The van der Waals surface area contributed by atoms with Crippen molar-refractivity contribution in [2.75, 3.05) is 10.8 Å². The van der Waals surface area contributed by atoms with E-state index in [0.717, 1.165) is 0 Å². The summed E-state index contributed by atoms with van der Waals surface area (Å²) in [7, 11) is -2.42. The summed E-state index contributed by atoms with van der Waals surface area (Å²) in [5.74, 6) is 0.182. The lowest BCUT2D eigenvalue weighted by Gasteiger charge is -2.22. The van der Waals surface area contributed by atoms with Crippen molar-refractivity contribution in [1.82, 2.24) is 0 Å². The molecule has 2 aromatic rings. The summed E-state index contributed by atoms with van der Waals surface area (Å²) in [6, 6.07) is 11.9. The van der Waals surface area contributed by atoms with Crippen LogP contribution in [0.3, 0.4) is 0 Å². The molecule has 1 N–H and O–H groups in total. The Hall–Kier alpha value is -1.34. The van der Waals surface area contributed by atoms with Gasteiger partial charge in [-0.2, -0.15) is 0 Å². The van der Waals surface area contributed by atoms with Crippen molar-refractivity contribution in [3.8, 4) is 0 Å². The molecule has 8 heteroatoms. The summed E-state index contributed by atoms with van der Waals surface area (Å²) in [5, 5.41) is 11.3. The maximum Gasteiger partial charge on any atom is 0.377 e. The third-order valence-electron chi connectivity index (χ3n) is 3.66. The quantitative estimate of drug-likeness (QED) is 0.692. The van der Waals surface area contributed by atoms with Crippen LogP contribution in [0.5, 0.6) is 0 Å². The zero-order valence-corrected chi connectivity index (χ0v) is 16.3. The number of halogens is 2. The van der Waals surface area contributed by atoms with Crippen LogP contribution in [0.4, 0.5) is 10.5 Å². The summed E-state index contributed by atoms with van der Waals surface area (Å²) in [6.07, 6.45) is 0. The first-order valence-electron chi connectivity index (χ1n) is 7.42. The topological polar surface area (TPSA) is 57.6 Å². The van der Waals surface area contributed by atoms with E-state index < -0.39 is 26.8 Å². The molecule has 0 saturated carbocycles. The fraction of sp³-hybridized carbons (Fsp3) is 0.176. The molecule has 3 unspecified atom stereocenters. The number of carboxylic acid groups (broad SMARTS) is 1. The standard InChI is InChI=1S/C17H15Cl2NO3S2/c1-11-9-20(24(10-11)17(21)22)13-4-7-16(15(19)8-13)25(23)14-5-2-12(18)3-6-14/h2-8,10-11H,9H2,1H3,(H,21,22). The first-order chi connectivity index (χ1) is 11.9. The van der Waals surface area contributed by atoms with Gasteiger partial charge in [-0.05, 0) is 47.8 Å². The minimum Gasteiger partial charge on any atom is -0.472 e. The molecule has 132 valence electrons. The lowest BCUT2D eigenvalue weighted by Crippen LogP contribution is -2.18. The summed E-state index contributed by atoms with van der Waals surface area (Å²) in [4.78, 5) is 12.5. The van der Waals surface area contributed by atoms with E-state index in [0.29, 0.717) is 32.1 Å². The smallest absolute Gasteiger partial charge is 0.377 e. The van der Waals surface area contributed by atoms with E-state index in [9.17, 15) is 14.1 Å². The molecule has 0 amide bonds. The Kier molecular flexibility index (Phi) is 5.53. The third-order valence-corrected chi connectivity index (χ3v) is 7.71. The van der Waals surface area contributed by atoms with Crippen LogP contribution in [0.2, 0.25) is 10.0 Å². The van der Waals surface area contributed by atoms with Crippen LogP contribution in [0.1, 0.15) is 6.92 Å². The molecule has 4 nitrogen and oxygen atoms in total. The number of carbonyl (C=O) groups is 1. The van der Waals surface area contributed by atoms with E-state index in [2.05, 4.69) is 0 Å². The average molecular weight is 416 g/mol. The lowest BCUT2D eigenvalue weighted by atomic mass is 10.2. The molecule has 25 heavy (non-hydrogen) atoms. The highest BCUT2D eigenvalue weighted by molar-refractivity contribution is 8.28. The zero-order valence-electron chi connectivity index (χ0n) is 13.2. The fourth-order valence-electron chi connectivity index (χ4n) is 2.53. The Morgan fingerprint density at radius 2 is 1.92 bits per heavy atom. The van der Waals surface area contributed by atoms with Crippen LogP contribution in [-0.4, -0.2) is 26.5 Å². The maximum absolute atomic E-state index is 12.7. The predicted octanol–water partition coefficient (Wildman–Crippen LogP) is 5.28.